The van der Waals surface area contributed by atoms with Crippen molar-refractivity contribution in [3.05, 3.63) is 0 Å². The Balaban J connectivity index is -0.000000980. The van der Waals surface area contributed by atoms with E-state index in [-0.39, 0.29) is 15.1 Å². The molecule has 0 N–H and O–H groups in total. The van der Waals surface area contributed by atoms with Gasteiger partial charge in [-0.15, -0.1) is 0 Å². The van der Waals surface area contributed by atoms with Crippen LogP contribution in [0.15, 0.2) is 0 Å². The molecule has 5 heteroatoms. The number of rotatable bonds is 10. The predicted molar refractivity (Wildman–Crippen MR) is 60.4 cm³/mol. The van der Waals surface area contributed by atoms with Crippen molar-refractivity contribution in [3.63, 3.8) is 0 Å². The molecule has 0 radical (unpaired) electrons. The SMILES string of the molecule is COCC(COCC(COC)OC)OC.[HH].[HH]. The monoisotopic (exact) mass is 226 g/mol. The van der Waals surface area contributed by atoms with Gasteiger partial charge in [0.25, 0.3) is 0 Å². The van der Waals surface area contributed by atoms with E-state index in [1.807, 2.05) is 0 Å². The molecule has 0 bridgehead atoms. The second-order valence-electron chi connectivity index (χ2n) is 3.16. The van der Waals surface area contributed by atoms with Gasteiger partial charge in [-0.25, -0.2) is 0 Å². The summed E-state index contributed by atoms with van der Waals surface area (Å²) < 4.78 is 25.7. The quantitative estimate of drug-likeness (QED) is 0.552. The van der Waals surface area contributed by atoms with Gasteiger partial charge in [0.1, 0.15) is 12.2 Å². The molecule has 0 aromatic rings. The molecule has 0 saturated heterocycles. The summed E-state index contributed by atoms with van der Waals surface area (Å²) >= 11 is 0. The Morgan fingerprint density at radius 3 is 1.40 bits per heavy atom. The summed E-state index contributed by atoms with van der Waals surface area (Å²) in [6.07, 6.45) is -0.0647. The van der Waals surface area contributed by atoms with Crippen LogP contribution in [0.3, 0.4) is 0 Å². The zero-order valence-corrected chi connectivity index (χ0v) is 10.0. The first kappa shape index (κ1) is 14.8. The highest BCUT2D eigenvalue weighted by atomic mass is 16.6. The second kappa shape index (κ2) is 10.3. The lowest BCUT2D eigenvalue weighted by molar-refractivity contribution is -0.0690. The van der Waals surface area contributed by atoms with Gasteiger partial charge in [-0.2, -0.15) is 0 Å². The van der Waals surface area contributed by atoms with E-state index in [0.717, 1.165) is 0 Å². The standard InChI is InChI=1S/C10H22O5.2H2/c1-11-5-9(13-3)7-15-8-10(14-4)6-12-2;;/h9-10H,5-8H2,1-4H3;2*1H. The van der Waals surface area contributed by atoms with Gasteiger partial charge in [-0.05, 0) is 0 Å². The fraction of sp³-hybridized carbons (Fsp3) is 1.00. The van der Waals surface area contributed by atoms with Crippen LogP contribution in [0.25, 0.3) is 0 Å². The predicted octanol–water partition coefficient (Wildman–Crippen LogP) is 0.818. The third-order valence-corrected chi connectivity index (χ3v) is 1.98. The third-order valence-electron chi connectivity index (χ3n) is 1.98. The van der Waals surface area contributed by atoms with E-state index in [1.54, 1.807) is 28.4 Å². The fourth-order valence-electron chi connectivity index (χ4n) is 1.07. The van der Waals surface area contributed by atoms with Crippen molar-refractivity contribution in [2.75, 3.05) is 54.9 Å². The minimum atomic E-state index is -0.0324. The first-order chi connectivity index (χ1) is 7.28. The lowest BCUT2D eigenvalue weighted by atomic mass is 10.4. The van der Waals surface area contributed by atoms with E-state index in [1.165, 1.54) is 0 Å². The Labute approximate surface area is 94.6 Å². The van der Waals surface area contributed by atoms with Gasteiger partial charge < -0.3 is 23.7 Å². The smallest absolute Gasteiger partial charge is 0.104 e. The van der Waals surface area contributed by atoms with Gasteiger partial charge in [-0.3, -0.25) is 0 Å². The van der Waals surface area contributed by atoms with Crippen LogP contribution in [-0.2, 0) is 23.7 Å². The molecule has 0 amide bonds. The molecule has 0 rings (SSSR count). The summed E-state index contributed by atoms with van der Waals surface area (Å²) in [6, 6.07) is 0. The molecule has 2 atom stereocenters. The Morgan fingerprint density at radius 1 is 0.733 bits per heavy atom. The van der Waals surface area contributed by atoms with Gasteiger partial charge in [-0.1, -0.05) is 0 Å². The Bertz CT molecular complexity index is 126. The normalized spacial score (nSPS) is 15.2. The number of hydrogen-bond donors (Lipinski definition) is 0. The first-order valence-electron chi connectivity index (χ1n) is 4.89. The summed E-state index contributed by atoms with van der Waals surface area (Å²) in [7, 11) is 6.54. The zero-order chi connectivity index (χ0) is 11.5. The van der Waals surface area contributed by atoms with Gasteiger partial charge in [0.05, 0.1) is 26.4 Å². The van der Waals surface area contributed by atoms with Crippen molar-refractivity contribution >= 4 is 0 Å². The maximum Gasteiger partial charge on any atom is 0.104 e. The zero-order valence-electron chi connectivity index (χ0n) is 10.0. The Hall–Kier alpha value is -0.200. The minimum absolute atomic E-state index is 0. The van der Waals surface area contributed by atoms with Crippen molar-refractivity contribution in [1.29, 1.82) is 0 Å². The molecule has 96 valence electrons. The van der Waals surface area contributed by atoms with Gasteiger partial charge in [0.2, 0.25) is 0 Å². The molecule has 0 heterocycles. The van der Waals surface area contributed by atoms with Crippen LogP contribution in [0.2, 0.25) is 0 Å². The van der Waals surface area contributed by atoms with E-state index in [9.17, 15) is 0 Å². The van der Waals surface area contributed by atoms with Crippen LogP contribution >= 0.6 is 0 Å². The number of hydrogen-bond acceptors (Lipinski definition) is 5. The first-order valence-corrected chi connectivity index (χ1v) is 4.89. The van der Waals surface area contributed by atoms with Gasteiger partial charge in [0, 0.05) is 31.3 Å². The Morgan fingerprint density at radius 2 is 1.13 bits per heavy atom. The van der Waals surface area contributed by atoms with Crippen molar-refractivity contribution < 1.29 is 26.5 Å². The number of ether oxygens (including phenoxy) is 5. The minimum Gasteiger partial charge on any atom is -0.382 e. The average Bonchev–Trinajstić information content (AvgIpc) is 2.26. The van der Waals surface area contributed by atoms with Crippen LogP contribution < -0.4 is 0 Å². The van der Waals surface area contributed by atoms with E-state index in [2.05, 4.69) is 0 Å². The maximum atomic E-state index is 5.43. The van der Waals surface area contributed by atoms with Crippen LogP contribution in [-0.4, -0.2) is 67.1 Å². The van der Waals surface area contributed by atoms with E-state index in [0.29, 0.717) is 26.4 Å². The largest absolute Gasteiger partial charge is 0.382 e. The molecule has 0 aliphatic heterocycles. The maximum absolute atomic E-state index is 5.43. The van der Waals surface area contributed by atoms with Crippen LogP contribution in [0, 0.1) is 0 Å². The molecular weight excluding hydrogens is 200 g/mol. The van der Waals surface area contributed by atoms with Crippen molar-refractivity contribution in [2.45, 2.75) is 12.2 Å². The van der Waals surface area contributed by atoms with Gasteiger partial charge >= 0.3 is 0 Å². The molecule has 0 aromatic heterocycles. The molecule has 0 fully saturated rings. The molecule has 0 aliphatic rings. The van der Waals surface area contributed by atoms with Crippen molar-refractivity contribution in [1.82, 2.24) is 0 Å². The topological polar surface area (TPSA) is 46.2 Å². The van der Waals surface area contributed by atoms with Crippen molar-refractivity contribution in [2.24, 2.45) is 0 Å². The van der Waals surface area contributed by atoms with Crippen LogP contribution in [0.4, 0.5) is 0 Å². The molecule has 0 aliphatic carbocycles. The molecule has 15 heavy (non-hydrogen) atoms. The summed E-state index contributed by atoms with van der Waals surface area (Å²) in [6.45, 7) is 2.04. The van der Waals surface area contributed by atoms with E-state index >= 15 is 0 Å². The molecular formula is C10H26O5. The van der Waals surface area contributed by atoms with E-state index < -0.39 is 0 Å². The highest BCUT2D eigenvalue weighted by Crippen LogP contribution is 1.96. The summed E-state index contributed by atoms with van der Waals surface area (Å²) in [5.41, 5.74) is 0. The lowest BCUT2D eigenvalue weighted by Gasteiger charge is -2.18. The van der Waals surface area contributed by atoms with Crippen molar-refractivity contribution in [3.8, 4) is 0 Å². The molecule has 5 nitrogen and oxygen atoms in total. The summed E-state index contributed by atoms with van der Waals surface area (Å²) in [4.78, 5) is 0. The van der Waals surface area contributed by atoms with Crippen LogP contribution in [0.1, 0.15) is 2.85 Å². The lowest BCUT2D eigenvalue weighted by Crippen LogP contribution is -2.29. The highest BCUT2D eigenvalue weighted by Gasteiger charge is 2.10. The average molecular weight is 226 g/mol. The molecule has 0 spiro atoms. The van der Waals surface area contributed by atoms with Gasteiger partial charge in [0.15, 0.2) is 0 Å². The second-order valence-corrected chi connectivity index (χ2v) is 3.16. The summed E-state index contributed by atoms with van der Waals surface area (Å²) in [5, 5.41) is 0. The summed E-state index contributed by atoms with van der Waals surface area (Å²) in [5.74, 6) is 0. The van der Waals surface area contributed by atoms with E-state index in [4.69, 9.17) is 23.7 Å². The number of methoxy groups -OCH3 is 4. The molecule has 2 unspecified atom stereocenters. The van der Waals surface area contributed by atoms with Crippen LogP contribution in [0.5, 0.6) is 0 Å². The molecule has 0 saturated carbocycles. The highest BCUT2D eigenvalue weighted by molar-refractivity contribution is 4.57. The Kier molecular flexibility index (Phi) is 10.2. The molecule has 0 aromatic carbocycles. The third kappa shape index (κ3) is 7.70. The fourth-order valence-corrected chi connectivity index (χ4v) is 1.07.